The first-order valence-corrected chi connectivity index (χ1v) is 16.7. The molecule has 2 aliphatic heterocycles. The molecule has 3 aromatic carbocycles. The van der Waals surface area contributed by atoms with Crippen LogP contribution in [-0.4, -0.2) is 64.7 Å². The summed E-state index contributed by atoms with van der Waals surface area (Å²) in [7, 11) is 0. The van der Waals surface area contributed by atoms with Gasteiger partial charge in [-0.05, 0) is 99.9 Å². The SMILES string of the molecule is C[C@H]1CC[C@@H](c2ncc(-c3ccc(-c4ccc5cc(-c6cnc([C@@H]7CC[C@H](C)N7C(=O)OC(C)(C)C)[nH]6)ccc5c4)cc3)[nH]2)N1C(=O)O. The number of carbonyl (C=O) groups is 2. The number of carbonyl (C=O) groups excluding carboxylic acids is 1. The highest BCUT2D eigenvalue weighted by atomic mass is 16.6. The molecule has 0 saturated carbocycles. The van der Waals surface area contributed by atoms with E-state index >= 15 is 0 Å². The lowest BCUT2D eigenvalue weighted by molar-refractivity contribution is 0.0151. The Balaban J connectivity index is 1.06. The number of benzene rings is 3. The Morgan fingerprint density at radius 3 is 1.77 bits per heavy atom. The minimum absolute atomic E-state index is 0.0171. The summed E-state index contributed by atoms with van der Waals surface area (Å²) in [6.07, 6.45) is 5.76. The van der Waals surface area contributed by atoms with Crippen molar-refractivity contribution in [2.45, 2.75) is 90.1 Å². The van der Waals surface area contributed by atoms with Gasteiger partial charge in [0.15, 0.2) is 0 Å². The molecule has 2 aromatic heterocycles. The molecule has 2 saturated heterocycles. The molecule has 4 heterocycles. The van der Waals surface area contributed by atoms with Gasteiger partial charge < -0.3 is 19.8 Å². The van der Waals surface area contributed by atoms with E-state index in [1.165, 1.54) is 4.90 Å². The zero-order chi connectivity index (χ0) is 33.7. The summed E-state index contributed by atoms with van der Waals surface area (Å²) in [5, 5.41) is 11.9. The Morgan fingerprint density at radius 1 is 0.708 bits per heavy atom. The van der Waals surface area contributed by atoms with Crippen LogP contribution in [0.5, 0.6) is 0 Å². The van der Waals surface area contributed by atoms with Gasteiger partial charge in [0.2, 0.25) is 0 Å². The van der Waals surface area contributed by atoms with Gasteiger partial charge >= 0.3 is 12.2 Å². The van der Waals surface area contributed by atoms with Crippen molar-refractivity contribution in [2.75, 3.05) is 0 Å². The van der Waals surface area contributed by atoms with Gasteiger partial charge in [0.25, 0.3) is 0 Å². The molecule has 10 nitrogen and oxygen atoms in total. The van der Waals surface area contributed by atoms with Crippen LogP contribution in [0.4, 0.5) is 9.59 Å². The summed E-state index contributed by atoms with van der Waals surface area (Å²) in [5.74, 6) is 1.47. The highest BCUT2D eigenvalue weighted by molar-refractivity contribution is 5.90. The maximum absolute atomic E-state index is 13.0. The average molecular weight is 647 g/mol. The van der Waals surface area contributed by atoms with E-state index in [0.717, 1.165) is 75.9 Å². The number of H-pyrrole nitrogens is 2. The number of imidazole rings is 2. The second-order valence-electron chi connectivity index (χ2n) is 14.2. The van der Waals surface area contributed by atoms with Gasteiger partial charge in [0, 0.05) is 17.6 Å². The first-order valence-electron chi connectivity index (χ1n) is 16.7. The van der Waals surface area contributed by atoms with Gasteiger partial charge in [-0.25, -0.2) is 19.6 Å². The topological polar surface area (TPSA) is 127 Å². The van der Waals surface area contributed by atoms with Crippen molar-refractivity contribution in [1.82, 2.24) is 29.7 Å². The van der Waals surface area contributed by atoms with Crippen molar-refractivity contribution in [3.05, 3.63) is 84.7 Å². The van der Waals surface area contributed by atoms with Crippen LogP contribution in [-0.2, 0) is 4.74 Å². The number of amides is 2. The van der Waals surface area contributed by atoms with Crippen LogP contribution in [0.15, 0.2) is 73.1 Å². The molecule has 7 rings (SSSR count). The summed E-state index contributed by atoms with van der Waals surface area (Å²) in [4.78, 5) is 44.2. The van der Waals surface area contributed by atoms with E-state index in [2.05, 4.69) is 82.5 Å². The predicted octanol–water partition coefficient (Wildman–Crippen LogP) is 8.95. The minimum atomic E-state index is -0.906. The number of carboxylic acid groups (broad SMARTS) is 1. The number of aromatic amines is 2. The highest BCUT2D eigenvalue weighted by Crippen LogP contribution is 2.38. The second kappa shape index (κ2) is 12.2. The van der Waals surface area contributed by atoms with Crippen LogP contribution in [0.3, 0.4) is 0 Å². The van der Waals surface area contributed by atoms with E-state index in [0.29, 0.717) is 5.82 Å². The van der Waals surface area contributed by atoms with Crippen LogP contribution in [0.1, 0.15) is 84.0 Å². The Kier molecular flexibility index (Phi) is 7.97. The number of ether oxygens (including phenoxy) is 1. The maximum atomic E-state index is 13.0. The first-order chi connectivity index (χ1) is 22.9. The lowest BCUT2D eigenvalue weighted by atomic mass is 9.98. The second-order valence-corrected chi connectivity index (χ2v) is 14.2. The summed E-state index contributed by atoms with van der Waals surface area (Å²) in [6, 6.07) is 20.9. The molecule has 2 amide bonds. The molecule has 2 fully saturated rings. The molecule has 2 aliphatic rings. The molecule has 0 aliphatic carbocycles. The molecule has 0 unspecified atom stereocenters. The largest absolute Gasteiger partial charge is 0.465 e. The molecule has 0 spiro atoms. The van der Waals surface area contributed by atoms with Crippen LogP contribution in [0.25, 0.3) is 44.4 Å². The fraction of sp³-hybridized carbons (Fsp3) is 0.368. The fourth-order valence-corrected chi connectivity index (χ4v) is 7.19. The first kappa shape index (κ1) is 31.5. The number of nitrogens with one attached hydrogen (secondary N) is 2. The van der Waals surface area contributed by atoms with E-state index in [4.69, 9.17) is 9.72 Å². The van der Waals surface area contributed by atoms with Crippen molar-refractivity contribution in [3.63, 3.8) is 0 Å². The number of likely N-dealkylation sites (tertiary alicyclic amines) is 2. The van der Waals surface area contributed by atoms with Gasteiger partial charge in [0.1, 0.15) is 17.2 Å². The zero-order valence-corrected chi connectivity index (χ0v) is 28.0. The van der Waals surface area contributed by atoms with Crippen molar-refractivity contribution >= 4 is 23.0 Å². The van der Waals surface area contributed by atoms with E-state index in [9.17, 15) is 14.7 Å². The highest BCUT2D eigenvalue weighted by Gasteiger charge is 2.39. The van der Waals surface area contributed by atoms with Crippen LogP contribution in [0, 0.1) is 0 Å². The van der Waals surface area contributed by atoms with Crippen molar-refractivity contribution in [3.8, 4) is 33.6 Å². The van der Waals surface area contributed by atoms with E-state index in [-0.39, 0.29) is 30.3 Å². The number of nitrogens with zero attached hydrogens (tertiary/aromatic N) is 4. The lowest BCUT2D eigenvalue weighted by Gasteiger charge is -2.30. The Labute approximate surface area is 280 Å². The summed E-state index contributed by atoms with van der Waals surface area (Å²) < 4.78 is 5.71. The molecule has 0 bridgehead atoms. The molecule has 48 heavy (non-hydrogen) atoms. The summed E-state index contributed by atoms with van der Waals surface area (Å²) >= 11 is 0. The molecular formula is C38H42N6O4. The quantitative estimate of drug-likeness (QED) is 0.175. The number of fused-ring (bicyclic) bond motifs is 1. The van der Waals surface area contributed by atoms with E-state index < -0.39 is 11.7 Å². The zero-order valence-electron chi connectivity index (χ0n) is 28.0. The molecule has 10 heteroatoms. The molecule has 4 atom stereocenters. The fourth-order valence-electron chi connectivity index (χ4n) is 7.19. The lowest BCUT2D eigenvalue weighted by Crippen LogP contribution is -2.40. The smallest absolute Gasteiger partial charge is 0.411 e. The number of rotatable bonds is 5. The molecule has 5 aromatic rings. The van der Waals surface area contributed by atoms with Gasteiger partial charge in [-0.15, -0.1) is 0 Å². The van der Waals surface area contributed by atoms with E-state index in [1.54, 1.807) is 6.20 Å². The molecular weight excluding hydrogens is 604 g/mol. The van der Waals surface area contributed by atoms with Crippen LogP contribution >= 0.6 is 0 Å². The van der Waals surface area contributed by atoms with Gasteiger partial charge in [-0.1, -0.05) is 48.5 Å². The molecule has 3 N–H and O–H groups in total. The van der Waals surface area contributed by atoms with Crippen LogP contribution in [0.2, 0.25) is 0 Å². The normalized spacial score (nSPS) is 21.3. The third kappa shape index (κ3) is 6.03. The minimum Gasteiger partial charge on any atom is -0.465 e. The number of hydrogen-bond donors (Lipinski definition) is 3. The Morgan fingerprint density at radius 2 is 1.19 bits per heavy atom. The maximum Gasteiger partial charge on any atom is 0.411 e. The predicted molar refractivity (Wildman–Crippen MR) is 185 cm³/mol. The summed E-state index contributed by atoms with van der Waals surface area (Å²) in [6.45, 7) is 9.66. The number of aromatic nitrogens is 4. The van der Waals surface area contributed by atoms with Gasteiger partial charge in [-0.2, -0.15) is 0 Å². The van der Waals surface area contributed by atoms with Crippen molar-refractivity contribution in [1.29, 1.82) is 0 Å². The van der Waals surface area contributed by atoms with E-state index in [1.807, 2.05) is 38.8 Å². The van der Waals surface area contributed by atoms with Crippen LogP contribution < -0.4 is 0 Å². The monoisotopic (exact) mass is 646 g/mol. The molecule has 0 radical (unpaired) electrons. The van der Waals surface area contributed by atoms with Gasteiger partial charge in [0.05, 0.1) is 35.9 Å². The third-order valence-electron chi connectivity index (χ3n) is 9.66. The summed E-state index contributed by atoms with van der Waals surface area (Å²) in [5.41, 5.74) is 5.47. The average Bonchev–Trinajstić information content (AvgIpc) is 3.86. The third-order valence-corrected chi connectivity index (χ3v) is 9.66. The van der Waals surface area contributed by atoms with Gasteiger partial charge in [-0.3, -0.25) is 9.80 Å². The standard InChI is InChI=1S/C38H42N6O4/c1-22-6-16-32(43(22)36(45)46)34-39-20-30(41-34)25-10-8-24(9-11-25)26-12-13-28-19-29(15-14-27(28)18-26)31-21-40-35(42-31)33-17-7-23(2)44(33)37(47)48-38(3,4)5/h8-15,18-23,32-33H,6-7,16-17H2,1-5H3,(H,39,41)(H,40,42)(H,45,46)/t22-,23-,32-,33-/m0/s1. The molecule has 248 valence electrons. The van der Waals surface area contributed by atoms with Crippen molar-refractivity contribution < 1.29 is 19.4 Å². The number of hydrogen-bond acceptors (Lipinski definition) is 5. The Bertz CT molecular complexity index is 1970. The Hall–Kier alpha value is -5.12. The van der Waals surface area contributed by atoms with Crippen molar-refractivity contribution in [2.24, 2.45) is 0 Å².